The summed E-state index contributed by atoms with van der Waals surface area (Å²) in [5, 5.41) is 12.1. The number of nitrogens with one attached hydrogen (secondary N) is 1. The lowest BCUT2D eigenvalue weighted by Crippen LogP contribution is -2.14. The number of thioether (sulfide) groups is 1. The molecule has 0 aliphatic carbocycles. The molecule has 2 aromatic carbocycles. The second-order valence-electron chi connectivity index (χ2n) is 5.53. The van der Waals surface area contributed by atoms with Crippen molar-refractivity contribution < 1.29 is 9.18 Å². The summed E-state index contributed by atoms with van der Waals surface area (Å²) in [4.78, 5) is 12.2. The highest BCUT2D eigenvalue weighted by Crippen LogP contribution is 2.26. The molecule has 0 saturated heterocycles. The zero-order chi connectivity index (χ0) is 19.2. The summed E-state index contributed by atoms with van der Waals surface area (Å²) < 4.78 is 15.8. The molecule has 0 atom stereocenters. The third-order valence-electron chi connectivity index (χ3n) is 3.60. The molecule has 1 aromatic heterocycles. The number of aromatic nitrogens is 3. The lowest BCUT2D eigenvalue weighted by Gasteiger charge is -2.08. The average molecular weight is 403 g/mol. The number of hydrogen-bond acceptors (Lipinski definition) is 4. The van der Waals surface area contributed by atoms with Gasteiger partial charge in [-0.2, -0.15) is 0 Å². The summed E-state index contributed by atoms with van der Waals surface area (Å²) in [5.74, 6) is -0.0430. The highest BCUT2D eigenvalue weighted by atomic mass is 35.5. The van der Waals surface area contributed by atoms with E-state index in [4.69, 9.17) is 11.6 Å². The predicted molar refractivity (Wildman–Crippen MR) is 106 cm³/mol. The molecule has 3 aromatic rings. The number of benzene rings is 2. The third kappa shape index (κ3) is 4.75. The van der Waals surface area contributed by atoms with Crippen LogP contribution in [-0.4, -0.2) is 26.4 Å². The van der Waals surface area contributed by atoms with Crippen molar-refractivity contribution in [1.29, 1.82) is 0 Å². The zero-order valence-electron chi connectivity index (χ0n) is 14.2. The molecule has 0 saturated carbocycles. The molecule has 1 N–H and O–H groups in total. The second kappa shape index (κ2) is 8.83. The molecule has 5 nitrogen and oxygen atoms in total. The van der Waals surface area contributed by atoms with Gasteiger partial charge in [-0.25, -0.2) is 4.39 Å². The van der Waals surface area contributed by atoms with Gasteiger partial charge >= 0.3 is 0 Å². The molecule has 0 fully saturated rings. The van der Waals surface area contributed by atoms with Gasteiger partial charge in [-0.15, -0.1) is 16.8 Å². The fraction of sp³-hybridized carbons (Fsp3) is 0.105. The molecule has 3 rings (SSSR count). The van der Waals surface area contributed by atoms with Gasteiger partial charge in [0.2, 0.25) is 5.91 Å². The van der Waals surface area contributed by atoms with E-state index in [1.165, 1.54) is 17.8 Å². The van der Waals surface area contributed by atoms with Gasteiger partial charge in [0.1, 0.15) is 5.82 Å². The Morgan fingerprint density at radius 3 is 2.67 bits per heavy atom. The number of hydrogen-bond donors (Lipinski definition) is 1. The maximum Gasteiger partial charge on any atom is 0.234 e. The Labute approximate surface area is 165 Å². The highest BCUT2D eigenvalue weighted by molar-refractivity contribution is 7.99. The minimum atomic E-state index is -0.382. The Balaban J connectivity index is 1.73. The van der Waals surface area contributed by atoms with Gasteiger partial charge < -0.3 is 5.32 Å². The first-order valence-electron chi connectivity index (χ1n) is 8.05. The van der Waals surface area contributed by atoms with Crippen molar-refractivity contribution in [2.75, 3.05) is 11.1 Å². The SMILES string of the molecule is C=CCn1c(SCC(=O)Nc2ccc(Cl)cc2)nnc1-c1ccccc1F. The van der Waals surface area contributed by atoms with E-state index in [9.17, 15) is 9.18 Å². The van der Waals surface area contributed by atoms with Crippen LogP contribution in [-0.2, 0) is 11.3 Å². The first-order valence-corrected chi connectivity index (χ1v) is 9.42. The largest absolute Gasteiger partial charge is 0.325 e. The molecule has 0 aliphatic heterocycles. The summed E-state index contributed by atoms with van der Waals surface area (Å²) in [7, 11) is 0. The van der Waals surface area contributed by atoms with Crippen molar-refractivity contribution in [2.45, 2.75) is 11.7 Å². The molecule has 1 heterocycles. The quantitative estimate of drug-likeness (QED) is 0.461. The molecular formula is C19H16ClFN4OS. The number of allylic oxidation sites excluding steroid dienone is 1. The van der Waals surface area contributed by atoms with Crippen LogP contribution in [0.5, 0.6) is 0 Å². The molecule has 0 aliphatic rings. The fourth-order valence-electron chi connectivity index (χ4n) is 2.39. The Morgan fingerprint density at radius 2 is 1.96 bits per heavy atom. The van der Waals surface area contributed by atoms with Gasteiger partial charge in [0.05, 0.1) is 11.3 Å². The van der Waals surface area contributed by atoms with Gasteiger partial charge in [0.15, 0.2) is 11.0 Å². The van der Waals surface area contributed by atoms with E-state index in [0.29, 0.717) is 33.8 Å². The van der Waals surface area contributed by atoms with Crippen LogP contribution in [0, 0.1) is 5.82 Å². The van der Waals surface area contributed by atoms with E-state index >= 15 is 0 Å². The monoisotopic (exact) mass is 402 g/mol. The van der Waals surface area contributed by atoms with E-state index in [1.54, 1.807) is 53.1 Å². The molecule has 138 valence electrons. The van der Waals surface area contributed by atoms with Crippen molar-refractivity contribution in [3.63, 3.8) is 0 Å². The number of halogens is 2. The maximum atomic E-state index is 14.1. The van der Waals surface area contributed by atoms with Crippen LogP contribution in [0.2, 0.25) is 5.02 Å². The van der Waals surface area contributed by atoms with Crippen LogP contribution in [0.4, 0.5) is 10.1 Å². The van der Waals surface area contributed by atoms with Gasteiger partial charge in [-0.3, -0.25) is 9.36 Å². The fourth-order valence-corrected chi connectivity index (χ4v) is 3.27. The Morgan fingerprint density at radius 1 is 1.22 bits per heavy atom. The van der Waals surface area contributed by atoms with E-state index in [1.807, 2.05) is 0 Å². The normalized spacial score (nSPS) is 10.6. The molecular weight excluding hydrogens is 387 g/mol. The van der Waals surface area contributed by atoms with Crippen LogP contribution in [0.25, 0.3) is 11.4 Å². The summed E-state index contributed by atoms with van der Waals surface area (Å²) in [6, 6.07) is 13.2. The molecule has 0 spiro atoms. The standard InChI is InChI=1S/C19H16ClFN4OS/c1-2-11-25-18(15-5-3-4-6-16(15)21)23-24-19(25)27-12-17(26)22-14-9-7-13(20)8-10-14/h2-10H,1,11-12H2,(H,22,26). The van der Waals surface area contributed by atoms with Crippen LogP contribution < -0.4 is 5.32 Å². The van der Waals surface area contributed by atoms with E-state index in [-0.39, 0.29) is 17.5 Å². The number of rotatable bonds is 7. The van der Waals surface area contributed by atoms with E-state index < -0.39 is 0 Å². The topological polar surface area (TPSA) is 59.8 Å². The first-order chi connectivity index (χ1) is 13.1. The van der Waals surface area contributed by atoms with Crippen molar-refractivity contribution in [2.24, 2.45) is 0 Å². The minimum absolute atomic E-state index is 0.134. The Hall–Kier alpha value is -2.64. The molecule has 0 unspecified atom stereocenters. The molecule has 1 amide bonds. The summed E-state index contributed by atoms with van der Waals surface area (Å²) in [5.41, 5.74) is 1.01. The summed E-state index contributed by atoms with van der Waals surface area (Å²) >= 11 is 7.05. The van der Waals surface area contributed by atoms with Gasteiger partial charge in [-0.05, 0) is 36.4 Å². The van der Waals surface area contributed by atoms with Crippen LogP contribution >= 0.6 is 23.4 Å². The highest BCUT2D eigenvalue weighted by Gasteiger charge is 2.17. The Bertz CT molecular complexity index is 959. The number of anilines is 1. The number of carbonyl (C=O) groups is 1. The van der Waals surface area contributed by atoms with Crippen molar-refractivity contribution in [3.05, 3.63) is 72.0 Å². The van der Waals surface area contributed by atoms with Crippen molar-refractivity contribution in [3.8, 4) is 11.4 Å². The minimum Gasteiger partial charge on any atom is -0.325 e. The number of carbonyl (C=O) groups excluding carboxylic acids is 1. The average Bonchev–Trinajstić information content (AvgIpc) is 3.05. The lowest BCUT2D eigenvalue weighted by atomic mass is 10.2. The molecule has 0 bridgehead atoms. The predicted octanol–water partition coefficient (Wildman–Crippen LogP) is 4.65. The third-order valence-corrected chi connectivity index (χ3v) is 4.82. The van der Waals surface area contributed by atoms with E-state index in [0.717, 1.165) is 0 Å². The maximum absolute atomic E-state index is 14.1. The van der Waals surface area contributed by atoms with E-state index in [2.05, 4.69) is 22.1 Å². The van der Waals surface area contributed by atoms with Crippen molar-refractivity contribution >= 4 is 35.0 Å². The molecule has 8 heteroatoms. The second-order valence-corrected chi connectivity index (χ2v) is 6.91. The number of amides is 1. The van der Waals surface area contributed by atoms with Crippen LogP contribution in [0.15, 0.2) is 66.3 Å². The van der Waals surface area contributed by atoms with Gasteiger partial charge in [-0.1, -0.05) is 41.6 Å². The first kappa shape index (κ1) is 19.1. The lowest BCUT2D eigenvalue weighted by molar-refractivity contribution is -0.113. The van der Waals surface area contributed by atoms with Gasteiger partial charge in [0.25, 0.3) is 0 Å². The zero-order valence-corrected chi connectivity index (χ0v) is 15.8. The number of nitrogens with zero attached hydrogens (tertiary/aromatic N) is 3. The molecule has 0 radical (unpaired) electrons. The van der Waals surface area contributed by atoms with Crippen molar-refractivity contribution in [1.82, 2.24) is 14.8 Å². The van der Waals surface area contributed by atoms with Crippen LogP contribution in [0.3, 0.4) is 0 Å². The molecule has 27 heavy (non-hydrogen) atoms. The van der Waals surface area contributed by atoms with Gasteiger partial charge in [0, 0.05) is 17.3 Å². The smallest absolute Gasteiger partial charge is 0.234 e. The Kier molecular flexibility index (Phi) is 6.26. The summed E-state index contributed by atoms with van der Waals surface area (Å²) in [6.45, 7) is 4.12. The summed E-state index contributed by atoms with van der Waals surface area (Å²) in [6.07, 6.45) is 1.67. The van der Waals surface area contributed by atoms with Crippen LogP contribution in [0.1, 0.15) is 0 Å².